The molecule has 4 N–H and O–H groups in total. The summed E-state index contributed by atoms with van der Waals surface area (Å²) in [7, 11) is 0. The Morgan fingerprint density at radius 3 is 2.68 bits per heavy atom. The maximum absolute atomic E-state index is 14.5. The quantitative estimate of drug-likeness (QED) is 0.576. The number of nitrogens with one attached hydrogen (secondary N) is 2. The number of hydrogen-bond donors (Lipinski definition) is 3. The summed E-state index contributed by atoms with van der Waals surface area (Å²) in [6, 6.07) is 13.8. The minimum absolute atomic E-state index is 0.00983. The number of rotatable bonds is 5. The highest BCUT2D eigenvalue weighted by atomic mass is 19.1. The van der Waals surface area contributed by atoms with Crippen molar-refractivity contribution in [2.75, 3.05) is 24.1 Å². The SMILES string of the molecule is CC(Nc1cc(-c2cnn(C3CCNCC3)c2)cc(F)c1N)c1ccccc1. The number of piperidine rings is 1. The first kappa shape index (κ1) is 18.5. The van der Waals surface area contributed by atoms with E-state index in [9.17, 15) is 4.39 Å². The fourth-order valence-electron chi connectivity index (χ4n) is 3.72. The van der Waals surface area contributed by atoms with Crippen molar-refractivity contribution < 1.29 is 4.39 Å². The van der Waals surface area contributed by atoms with Gasteiger partial charge in [-0.25, -0.2) is 4.39 Å². The second kappa shape index (κ2) is 8.02. The minimum Gasteiger partial charge on any atom is -0.395 e. The summed E-state index contributed by atoms with van der Waals surface area (Å²) in [6.07, 6.45) is 5.92. The molecule has 0 radical (unpaired) electrons. The van der Waals surface area contributed by atoms with Gasteiger partial charge in [-0.05, 0) is 56.1 Å². The van der Waals surface area contributed by atoms with Gasteiger partial charge < -0.3 is 16.4 Å². The van der Waals surface area contributed by atoms with E-state index >= 15 is 0 Å². The van der Waals surface area contributed by atoms with E-state index in [0.717, 1.165) is 42.6 Å². The maximum Gasteiger partial charge on any atom is 0.148 e. The minimum atomic E-state index is -0.421. The molecule has 1 aliphatic heterocycles. The van der Waals surface area contributed by atoms with Crippen LogP contribution in [0.5, 0.6) is 0 Å². The van der Waals surface area contributed by atoms with E-state index < -0.39 is 5.82 Å². The van der Waals surface area contributed by atoms with Gasteiger partial charge in [0.2, 0.25) is 0 Å². The van der Waals surface area contributed by atoms with Gasteiger partial charge >= 0.3 is 0 Å². The Kier molecular flexibility index (Phi) is 5.30. The molecule has 1 unspecified atom stereocenters. The van der Waals surface area contributed by atoms with E-state index in [-0.39, 0.29) is 11.7 Å². The lowest BCUT2D eigenvalue weighted by Crippen LogP contribution is -2.29. The van der Waals surface area contributed by atoms with Gasteiger partial charge in [-0.15, -0.1) is 0 Å². The summed E-state index contributed by atoms with van der Waals surface area (Å²) in [5, 5.41) is 11.2. The van der Waals surface area contributed by atoms with E-state index in [1.807, 2.05) is 54.2 Å². The molecule has 28 heavy (non-hydrogen) atoms. The first-order valence-electron chi connectivity index (χ1n) is 9.77. The van der Waals surface area contributed by atoms with Crippen molar-refractivity contribution in [3.63, 3.8) is 0 Å². The highest BCUT2D eigenvalue weighted by Crippen LogP contribution is 2.33. The van der Waals surface area contributed by atoms with Crippen molar-refractivity contribution in [3.8, 4) is 11.1 Å². The van der Waals surface area contributed by atoms with Gasteiger partial charge in [0, 0.05) is 17.8 Å². The molecule has 1 aliphatic rings. The van der Waals surface area contributed by atoms with Crippen molar-refractivity contribution in [2.45, 2.75) is 31.8 Å². The highest BCUT2D eigenvalue weighted by Gasteiger charge is 2.17. The summed E-state index contributed by atoms with van der Waals surface area (Å²) >= 11 is 0. The van der Waals surface area contributed by atoms with Crippen LogP contribution in [0.4, 0.5) is 15.8 Å². The molecule has 146 valence electrons. The van der Waals surface area contributed by atoms with E-state index in [1.165, 1.54) is 6.07 Å². The first-order chi connectivity index (χ1) is 13.6. The third-order valence-electron chi connectivity index (χ3n) is 5.42. The Labute approximate surface area is 164 Å². The Morgan fingerprint density at radius 1 is 1.18 bits per heavy atom. The smallest absolute Gasteiger partial charge is 0.148 e. The molecule has 3 aromatic rings. The molecule has 1 fully saturated rings. The summed E-state index contributed by atoms with van der Waals surface area (Å²) in [5.74, 6) is -0.421. The zero-order valence-corrected chi connectivity index (χ0v) is 16.0. The second-order valence-electron chi connectivity index (χ2n) is 7.39. The largest absolute Gasteiger partial charge is 0.395 e. The van der Waals surface area contributed by atoms with Crippen LogP contribution in [0.2, 0.25) is 0 Å². The molecule has 1 aromatic heterocycles. The lowest BCUT2D eigenvalue weighted by molar-refractivity contribution is 0.343. The zero-order chi connectivity index (χ0) is 19.5. The second-order valence-corrected chi connectivity index (χ2v) is 7.39. The molecule has 1 saturated heterocycles. The number of nitrogens with two attached hydrogens (primary N) is 1. The van der Waals surface area contributed by atoms with Crippen LogP contribution in [0.15, 0.2) is 54.9 Å². The molecule has 0 amide bonds. The number of nitrogens with zero attached hydrogens (tertiary/aromatic N) is 2. The molecule has 4 rings (SSSR count). The molecular weight excluding hydrogens is 353 g/mol. The van der Waals surface area contributed by atoms with Crippen LogP contribution in [0.25, 0.3) is 11.1 Å². The number of halogens is 1. The van der Waals surface area contributed by atoms with Crippen molar-refractivity contribution in [3.05, 3.63) is 66.2 Å². The van der Waals surface area contributed by atoms with Crippen molar-refractivity contribution in [1.29, 1.82) is 0 Å². The predicted molar refractivity (Wildman–Crippen MR) is 112 cm³/mol. The average Bonchev–Trinajstić information content (AvgIpc) is 3.23. The van der Waals surface area contributed by atoms with Crippen LogP contribution < -0.4 is 16.4 Å². The maximum atomic E-state index is 14.5. The van der Waals surface area contributed by atoms with Crippen LogP contribution in [0.3, 0.4) is 0 Å². The molecule has 2 heterocycles. The van der Waals surface area contributed by atoms with E-state index in [1.54, 1.807) is 6.20 Å². The normalized spacial score (nSPS) is 16.1. The van der Waals surface area contributed by atoms with Gasteiger partial charge in [-0.1, -0.05) is 30.3 Å². The molecule has 0 spiro atoms. The van der Waals surface area contributed by atoms with Gasteiger partial charge in [0.1, 0.15) is 5.82 Å². The summed E-state index contributed by atoms with van der Waals surface area (Å²) < 4.78 is 16.5. The van der Waals surface area contributed by atoms with Crippen molar-refractivity contribution in [2.24, 2.45) is 0 Å². The van der Waals surface area contributed by atoms with Crippen molar-refractivity contribution >= 4 is 11.4 Å². The average molecular weight is 379 g/mol. The molecule has 0 aliphatic carbocycles. The van der Waals surface area contributed by atoms with E-state index in [4.69, 9.17) is 5.73 Å². The topological polar surface area (TPSA) is 67.9 Å². The Hall–Kier alpha value is -2.86. The Bertz CT molecular complexity index is 931. The van der Waals surface area contributed by atoms with Crippen molar-refractivity contribution in [1.82, 2.24) is 15.1 Å². The van der Waals surface area contributed by atoms with Crippen LogP contribution in [0, 0.1) is 5.82 Å². The first-order valence-corrected chi connectivity index (χ1v) is 9.77. The van der Waals surface area contributed by atoms with Crippen LogP contribution in [-0.2, 0) is 0 Å². The van der Waals surface area contributed by atoms with Gasteiger partial charge in [-0.3, -0.25) is 4.68 Å². The van der Waals surface area contributed by atoms with Crippen LogP contribution in [-0.4, -0.2) is 22.9 Å². The van der Waals surface area contributed by atoms with Gasteiger partial charge in [0.25, 0.3) is 0 Å². The Morgan fingerprint density at radius 2 is 1.93 bits per heavy atom. The monoisotopic (exact) mass is 379 g/mol. The number of nitrogen functional groups attached to an aromatic ring is 1. The van der Waals surface area contributed by atoms with E-state index in [2.05, 4.69) is 15.7 Å². The molecule has 5 nitrogen and oxygen atoms in total. The number of hydrogen-bond acceptors (Lipinski definition) is 4. The number of benzene rings is 2. The van der Waals surface area contributed by atoms with E-state index in [0.29, 0.717) is 11.7 Å². The lowest BCUT2D eigenvalue weighted by atomic mass is 10.0. The fourth-order valence-corrected chi connectivity index (χ4v) is 3.72. The highest BCUT2D eigenvalue weighted by molar-refractivity contribution is 5.76. The number of anilines is 2. The lowest BCUT2D eigenvalue weighted by Gasteiger charge is -2.22. The molecule has 0 saturated carbocycles. The molecule has 0 bridgehead atoms. The van der Waals surface area contributed by atoms with Crippen LogP contribution >= 0.6 is 0 Å². The molecule has 6 heteroatoms. The summed E-state index contributed by atoms with van der Waals surface area (Å²) in [5.41, 5.74) is 9.53. The van der Waals surface area contributed by atoms with Gasteiger partial charge in [0.15, 0.2) is 0 Å². The molecule has 2 aromatic carbocycles. The summed E-state index contributed by atoms with van der Waals surface area (Å²) in [6.45, 7) is 4.04. The Balaban J connectivity index is 1.59. The van der Waals surface area contributed by atoms with Crippen LogP contribution in [0.1, 0.15) is 37.4 Å². The standard InChI is InChI=1S/C22H26FN5/c1-15(16-5-3-2-4-6-16)27-21-12-17(11-20(23)22(21)24)18-13-26-28(14-18)19-7-9-25-10-8-19/h2-6,11-15,19,25,27H,7-10,24H2,1H3. The predicted octanol–water partition coefficient (Wildman–Crippen LogP) is 4.37. The fraction of sp³-hybridized carbons (Fsp3) is 0.318. The number of aromatic nitrogens is 2. The molecular formula is C22H26FN5. The third kappa shape index (κ3) is 3.87. The van der Waals surface area contributed by atoms with Gasteiger partial charge in [-0.2, -0.15) is 5.10 Å². The molecule has 1 atom stereocenters. The zero-order valence-electron chi connectivity index (χ0n) is 16.0. The third-order valence-corrected chi connectivity index (χ3v) is 5.42. The summed E-state index contributed by atoms with van der Waals surface area (Å²) in [4.78, 5) is 0. The van der Waals surface area contributed by atoms with Gasteiger partial charge in [0.05, 0.1) is 23.6 Å².